The number of nitrogens with two attached hydrogens (primary N) is 1. The smallest absolute Gasteiger partial charge is 0.243 e. The Bertz CT molecular complexity index is 631. The predicted molar refractivity (Wildman–Crippen MR) is 93.9 cm³/mol. The van der Waals surface area contributed by atoms with Crippen molar-refractivity contribution in [2.75, 3.05) is 36.4 Å². The van der Waals surface area contributed by atoms with Crippen LogP contribution < -0.4 is 26.6 Å². The minimum Gasteiger partial charge on any atom is -0.353 e. The van der Waals surface area contributed by atoms with Gasteiger partial charge in [0.1, 0.15) is 5.82 Å². The monoisotopic (exact) mass is 348 g/mol. The number of rotatable bonds is 6. The Morgan fingerprint density at radius 3 is 2.76 bits per heavy atom. The molecule has 1 fully saturated rings. The Kier molecular flexibility index (Phi) is 6.29. The molecule has 0 unspecified atom stereocenters. The van der Waals surface area contributed by atoms with Crippen LogP contribution in [0.5, 0.6) is 0 Å². The Labute approximate surface area is 146 Å². The average molecular weight is 348 g/mol. The van der Waals surface area contributed by atoms with Crippen LogP contribution in [-0.2, 0) is 14.4 Å². The third-order valence-corrected chi connectivity index (χ3v) is 3.84. The molecule has 0 saturated carbocycles. The molecule has 3 amide bonds. The number of aromatic nitrogens is 1. The Morgan fingerprint density at radius 1 is 1.40 bits per heavy atom. The molecule has 0 spiro atoms. The van der Waals surface area contributed by atoms with Crippen molar-refractivity contribution in [3.63, 3.8) is 0 Å². The highest BCUT2D eigenvalue weighted by molar-refractivity contribution is 5.95. The highest BCUT2D eigenvalue weighted by atomic mass is 16.2. The molecular weight excluding hydrogens is 324 g/mol. The molecule has 2 heterocycles. The lowest BCUT2D eigenvalue weighted by atomic mass is 10.1. The lowest BCUT2D eigenvalue weighted by Gasteiger charge is -2.27. The molecule has 0 radical (unpaired) electrons. The minimum atomic E-state index is -0.643. The van der Waals surface area contributed by atoms with E-state index in [1.807, 2.05) is 18.7 Å². The third kappa shape index (κ3) is 5.42. The van der Waals surface area contributed by atoms with E-state index in [0.717, 1.165) is 0 Å². The van der Waals surface area contributed by atoms with Gasteiger partial charge < -0.3 is 26.6 Å². The molecule has 25 heavy (non-hydrogen) atoms. The van der Waals surface area contributed by atoms with E-state index in [4.69, 9.17) is 5.73 Å². The van der Waals surface area contributed by atoms with Crippen LogP contribution in [0, 0.1) is 5.92 Å². The molecule has 5 N–H and O–H groups in total. The average Bonchev–Trinajstić information content (AvgIpc) is 2.59. The molecule has 1 atom stereocenters. The Morgan fingerprint density at radius 2 is 2.16 bits per heavy atom. The van der Waals surface area contributed by atoms with Gasteiger partial charge in [-0.25, -0.2) is 4.98 Å². The summed E-state index contributed by atoms with van der Waals surface area (Å²) < 4.78 is 0. The van der Waals surface area contributed by atoms with Crippen molar-refractivity contribution in [2.45, 2.75) is 19.9 Å². The summed E-state index contributed by atoms with van der Waals surface area (Å²) in [5.41, 5.74) is 6.22. The fourth-order valence-corrected chi connectivity index (χ4v) is 2.27. The summed E-state index contributed by atoms with van der Waals surface area (Å²) in [6, 6.07) is 2.80. The zero-order valence-electron chi connectivity index (χ0n) is 14.4. The van der Waals surface area contributed by atoms with Crippen molar-refractivity contribution in [3.8, 4) is 0 Å². The van der Waals surface area contributed by atoms with Crippen molar-refractivity contribution in [1.29, 1.82) is 0 Å². The molecule has 2 rings (SSSR count). The summed E-state index contributed by atoms with van der Waals surface area (Å²) in [6.45, 7) is 5.05. The largest absolute Gasteiger partial charge is 0.353 e. The molecular formula is C16H24N6O3. The first-order valence-corrected chi connectivity index (χ1v) is 8.17. The Hall–Kier alpha value is -2.68. The van der Waals surface area contributed by atoms with Gasteiger partial charge in [-0.05, 0) is 18.1 Å². The van der Waals surface area contributed by atoms with Crippen molar-refractivity contribution in [3.05, 3.63) is 18.3 Å². The number of nitrogens with zero attached hydrogens (tertiary/aromatic N) is 2. The second-order valence-corrected chi connectivity index (χ2v) is 6.21. The normalized spacial score (nSPS) is 15.5. The van der Waals surface area contributed by atoms with E-state index in [-0.39, 0.29) is 36.7 Å². The van der Waals surface area contributed by atoms with Gasteiger partial charge in [0, 0.05) is 13.1 Å². The Balaban J connectivity index is 1.83. The number of hydrogen-bond donors (Lipinski definition) is 4. The highest BCUT2D eigenvalue weighted by Crippen LogP contribution is 2.14. The van der Waals surface area contributed by atoms with Gasteiger partial charge in [0.15, 0.2) is 0 Å². The number of piperazine rings is 1. The first kappa shape index (κ1) is 18.7. The van der Waals surface area contributed by atoms with Crippen LogP contribution in [0.4, 0.5) is 11.5 Å². The van der Waals surface area contributed by atoms with Gasteiger partial charge in [0.05, 0.1) is 31.0 Å². The lowest BCUT2D eigenvalue weighted by molar-refractivity contribution is -0.125. The first-order chi connectivity index (χ1) is 11.9. The molecule has 1 aliphatic heterocycles. The van der Waals surface area contributed by atoms with Crippen LogP contribution >= 0.6 is 0 Å². The fourth-order valence-electron chi connectivity index (χ4n) is 2.27. The van der Waals surface area contributed by atoms with Crippen molar-refractivity contribution in [1.82, 2.24) is 15.6 Å². The summed E-state index contributed by atoms with van der Waals surface area (Å²) in [7, 11) is 0. The molecule has 9 heteroatoms. The number of anilines is 2. The number of carbonyl (C=O) groups is 3. The van der Waals surface area contributed by atoms with Gasteiger partial charge in [0.2, 0.25) is 17.7 Å². The number of amides is 3. The molecule has 1 saturated heterocycles. The van der Waals surface area contributed by atoms with Crippen molar-refractivity contribution >= 4 is 29.2 Å². The molecule has 0 bridgehead atoms. The molecule has 1 aromatic rings. The maximum Gasteiger partial charge on any atom is 0.243 e. The maximum atomic E-state index is 11.9. The van der Waals surface area contributed by atoms with E-state index in [1.165, 1.54) is 6.20 Å². The fraction of sp³-hybridized carbons (Fsp3) is 0.500. The third-order valence-electron chi connectivity index (χ3n) is 3.84. The van der Waals surface area contributed by atoms with E-state index < -0.39 is 6.04 Å². The topological polar surface area (TPSA) is 129 Å². The van der Waals surface area contributed by atoms with E-state index >= 15 is 0 Å². The second kappa shape index (κ2) is 8.43. The summed E-state index contributed by atoms with van der Waals surface area (Å²) in [5, 5.41) is 7.90. The zero-order chi connectivity index (χ0) is 18.4. The molecule has 0 aliphatic carbocycles. The van der Waals surface area contributed by atoms with Gasteiger partial charge in [-0.1, -0.05) is 13.8 Å². The van der Waals surface area contributed by atoms with Crippen molar-refractivity contribution in [2.24, 2.45) is 11.7 Å². The first-order valence-electron chi connectivity index (χ1n) is 8.17. The van der Waals surface area contributed by atoms with Crippen LogP contribution in [0.25, 0.3) is 0 Å². The van der Waals surface area contributed by atoms with Crippen LogP contribution in [0.1, 0.15) is 13.8 Å². The van der Waals surface area contributed by atoms with Crippen LogP contribution in [0.2, 0.25) is 0 Å². The molecule has 0 aromatic carbocycles. The summed E-state index contributed by atoms with van der Waals surface area (Å²) in [4.78, 5) is 41.1. The number of nitrogens with one attached hydrogen (secondary N) is 3. The lowest BCUT2D eigenvalue weighted by Crippen LogP contribution is -2.48. The predicted octanol–water partition coefficient (Wildman–Crippen LogP) is -0.944. The van der Waals surface area contributed by atoms with Crippen molar-refractivity contribution < 1.29 is 14.4 Å². The second-order valence-electron chi connectivity index (χ2n) is 6.21. The van der Waals surface area contributed by atoms with Gasteiger partial charge in [-0.3, -0.25) is 14.4 Å². The van der Waals surface area contributed by atoms with E-state index in [2.05, 4.69) is 20.9 Å². The number of pyridine rings is 1. The maximum absolute atomic E-state index is 11.9. The van der Waals surface area contributed by atoms with Crippen LogP contribution in [0.15, 0.2) is 18.3 Å². The van der Waals surface area contributed by atoms with Gasteiger partial charge >= 0.3 is 0 Å². The molecule has 9 nitrogen and oxygen atoms in total. The number of carbonyl (C=O) groups excluding carboxylic acids is 3. The standard InChI is InChI=1S/C16H24N6O3/c1-10(2)15(17)16(25)20-8-13(23)21-11-3-4-12(19-7-11)22-6-5-18-14(24)9-22/h3-4,7,10,15H,5-6,8-9,17H2,1-2H3,(H,18,24)(H,20,25)(H,21,23)/t15-/m0/s1. The number of hydrogen-bond acceptors (Lipinski definition) is 6. The molecule has 1 aliphatic rings. The van der Waals surface area contributed by atoms with Gasteiger partial charge in [0.25, 0.3) is 0 Å². The molecule has 1 aromatic heterocycles. The summed E-state index contributed by atoms with van der Waals surface area (Å²) in [5.74, 6) is -0.0975. The summed E-state index contributed by atoms with van der Waals surface area (Å²) in [6.07, 6.45) is 1.52. The van der Waals surface area contributed by atoms with E-state index in [1.54, 1.807) is 12.1 Å². The zero-order valence-corrected chi connectivity index (χ0v) is 14.4. The minimum absolute atomic E-state index is 0.00308. The molecule has 136 valence electrons. The highest BCUT2D eigenvalue weighted by Gasteiger charge is 2.18. The quantitative estimate of drug-likeness (QED) is 0.525. The van der Waals surface area contributed by atoms with Crippen LogP contribution in [0.3, 0.4) is 0 Å². The van der Waals surface area contributed by atoms with Crippen LogP contribution in [-0.4, -0.2) is 54.9 Å². The van der Waals surface area contributed by atoms with Gasteiger partial charge in [-0.15, -0.1) is 0 Å². The van der Waals surface area contributed by atoms with E-state index in [0.29, 0.717) is 24.6 Å². The van der Waals surface area contributed by atoms with E-state index in [9.17, 15) is 14.4 Å². The summed E-state index contributed by atoms with van der Waals surface area (Å²) >= 11 is 0. The van der Waals surface area contributed by atoms with Gasteiger partial charge in [-0.2, -0.15) is 0 Å². The SMILES string of the molecule is CC(C)[C@H](N)C(=O)NCC(=O)Nc1ccc(N2CCNC(=O)C2)nc1.